The maximum absolute atomic E-state index is 12.1. The molecule has 1 rings (SSSR count). The van der Waals surface area contributed by atoms with Gasteiger partial charge in [0.1, 0.15) is 0 Å². The van der Waals surface area contributed by atoms with Crippen LogP contribution in [0, 0.1) is 0 Å². The van der Waals surface area contributed by atoms with Gasteiger partial charge in [-0.25, -0.2) is 0 Å². The van der Waals surface area contributed by atoms with Crippen molar-refractivity contribution in [3.63, 3.8) is 0 Å². The summed E-state index contributed by atoms with van der Waals surface area (Å²) in [6.07, 6.45) is 0. The predicted molar refractivity (Wildman–Crippen MR) is 82.1 cm³/mol. The third-order valence-electron chi connectivity index (χ3n) is 2.57. The van der Waals surface area contributed by atoms with Gasteiger partial charge in [-0.05, 0) is 36.5 Å². The van der Waals surface area contributed by atoms with Gasteiger partial charge >= 0.3 is 0 Å². The number of thiocarbonyl (C=S) groups is 1. The lowest BCUT2D eigenvalue weighted by atomic mass is 10.2. The van der Waals surface area contributed by atoms with Crippen LogP contribution in [0.4, 0.5) is 5.69 Å². The minimum atomic E-state index is -1.56. The molecule has 5 heteroatoms. The SMILES string of the molecule is CCNC(=O)c1cc(N=C=S)ccc1[Si](C)(C)C. The second kappa shape index (κ2) is 6.04. The van der Waals surface area contributed by atoms with Gasteiger partial charge in [-0.3, -0.25) is 4.79 Å². The Labute approximate surface area is 114 Å². The van der Waals surface area contributed by atoms with E-state index in [0.29, 0.717) is 17.8 Å². The first-order chi connectivity index (χ1) is 8.40. The number of carbonyl (C=O) groups is 1. The zero-order valence-electron chi connectivity index (χ0n) is 11.2. The number of nitrogens with zero attached hydrogens (tertiary/aromatic N) is 1. The average molecular weight is 278 g/mol. The fourth-order valence-corrected chi connectivity index (χ4v) is 3.43. The standard InChI is InChI=1S/C13H18N2OSSi/c1-5-14-13(16)11-8-10(15-9-17)6-7-12(11)18(2,3)4/h6-8H,5H2,1-4H3,(H,14,16). The van der Waals surface area contributed by atoms with E-state index in [-0.39, 0.29) is 5.91 Å². The molecule has 0 unspecified atom stereocenters. The molecule has 0 heterocycles. The molecule has 0 aliphatic heterocycles. The van der Waals surface area contributed by atoms with Crippen molar-refractivity contribution in [2.75, 3.05) is 6.54 Å². The van der Waals surface area contributed by atoms with Crippen LogP contribution >= 0.6 is 12.2 Å². The summed E-state index contributed by atoms with van der Waals surface area (Å²) >= 11 is 4.59. The van der Waals surface area contributed by atoms with Crippen LogP contribution in [0.25, 0.3) is 0 Å². The Bertz CT molecular complexity index is 502. The summed E-state index contributed by atoms with van der Waals surface area (Å²) in [6, 6.07) is 5.66. The Kier molecular flexibility index (Phi) is 4.96. The molecule has 0 aromatic heterocycles. The van der Waals surface area contributed by atoms with Crippen LogP contribution in [0.15, 0.2) is 23.2 Å². The second-order valence-corrected chi connectivity index (χ2v) is 10.3. The molecular formula is C13H18N2OSSi. The maximum Gasteiger partial charge on any atom is 0.251 e. The Morgan fingerprint density at radius 1 is 1.44 bits per heavy atom. The molecule has 0 atom stereocenters. The summed E-state index contributed by atoms with van der Waals surface area (Å²) < 4.78 is 0. The summed E-state index contributed by atoms with van der Waals surface area (Å²) in [6.45, 7) is 9.17. The molecule has 1 aromatic rings. The highest BCUT2D eigenvalue weighted by molar-refractivity contribution is 7.78. The van der Waals surface area contributed by atoms with E-state index in [9.17, 15) is 4.79 Å². The molecule has 96 valence electrons. The number of hydrogen-bond donors (Lipinski definition) is 1. The topological polar surface area (TPSA) is 41.5 Å². The molecule has 0 bridgehead atoms. The van der Waals surface area contributed by atoms with Crippen LogP contribution in [0.5, 0.6) is 0 Å². The summed E-state index contributed by atoms with van der Waals surface area (Å²) in [4.78, 5) is 16.0. The summed E-state index contributed by atoms with van der Waals surface area (Å²) in [7, 11) is -1.56. The van der Waals surface area contributed by atoms with Crippen molar-refractivity contribution in [1.29, 1.82) is 0 Å². The number of aliphatic imine (C=N–C) groups is 1. The molecule has 1 aromatic carbocycles. The molecule has 3 nitrogen and oxygen atoms in total. The number of nitrogens with one attached hydrogen (secondary N) is 1. The minimum absolute atomic E-state index is 0.0451. The van der Waals surface area contributed by atoms with E-state index in [1.807, 2.05) is 19.1 Å². The van der Waals surface area contributed by atoms with Gasteiger partial charge in [0.05, 0.1) is 18.9 Å². The lowest BCUT2D eigenvalue weighted by molar-refractivity contribution is 0.0957. The molecule has 0 saturated carbocycles. The third-order valence-corrected chi connectivity index (χ3v) is 4.71. The first kappa shape index (κ1) is 14.8. The van der Waals surface area contributed by atoms with Gasteiger partial charge in [0.15, 0.2) is 0 Å². The quantitative estimate of drug-likeness (QED) is 0.523. The van der Waals surface area contributed by atoms with Gasteiger partial charge in [0.25, 0.3) is 5.91 Å². The smallest absolute Gasteiger partial charge is 0.251 e. The monoisotopic (exact) mass is 278 g/mol. The summed E-state index contributed by atoms with van der Waals surface area (Å²) in [5.41, 5.74) is 1.38. The summed E-state index contributed by atoms with van der Waals surface area (Å²) in [5, 5.41) is 6.30. The second-order valence-electron chi connectivity index (χ2n) is 5.04. The Morgan fingerprint density at radius 3 is 2.61 bits per heavy atom. The molecule has 0 saturated heterocycles. The van der Waals surface area contributed by atoms with E-state index < -0.39 is 8.07 Å². The highest BCUT2D eigenvalue weighted by Crippen LogP contribution is 2.16. The number of hydrogen-bond acceptors (Lipinski definition) is 3. The van der Waals surface area contributed by atoms with E-state index in [0.717, 1.165) is 5.19 Å². The zero-order chi connectivity index (χ0) is 13.8. The predicted octanol–water partition coefficient (Wildman–Crippen LogP) is 2.72. The molecular weight excluding hydrogens is 260 g/mol. The molecule has 0 aliphatic rings. The van der Waals surface area contributed by atoms with Gasteiger partial charge in [-0.15, -0.1) is 0 Å². The first-order valence-corrected chi connectivity index (χ1v) is 9.81. The van der Waals surface area contributed by atoms with Crippen LogP contribution in [0.3, 0.4) is 0 Å². The van der Waals surface area contributed by atoms with Crippen LogP contribution in [0.1, 0.15) is 17.3 Å². The number of carbonyl (C=O) groups excluding carboxylic acids is 1. The van der Waals surface area contributed by atoms with Crippen molar-refractivity contribution in [3.8, 4) is 0 Å². The number of benzene rings is 1. The third kappa shape index (κ3) is 3.60. The van der Waals surface area contributed by atoms with Gasteiger partial charge in [-0.2, -0.15) is 4.99 Å². The Balaban J connectivity index is 3.35. The largest absolute Gasteiger partial charge is 0.352 e. The van der Waals surface area contributed by atoms with Crippen molar-refractivity contribution in [2.24, 2.45) is 4.99 Å². The Morgan fingerprint density at radius 2 is 2.11 bits per heavy atom. The maximum atomic E-state index is 12.1. The van der Waals surface area contributed by atoms with Crippen LogP contribution in [-0.2, 0) is 0 Å². The Hall–Kier alpha value is -1.29. The van der Waals surface area contributed by atoms with Gasteiger partial charge in [-0.1, -0.05) is 25.7 Å². The van der Waals surface area contributed by atoms with E-state index in [4.69, 9.17) is 0 Å². The minimum Gasteiger partial charge on any atom is -0.352 e. The lowest BCUT2D eigenvalue weighted by Gasteiger charge is -2.20. The molecule has 0 fully saturated rings. The van der Waals surface area contributed by atoms with Crippen molar-refractivity contribution in [1.82, 2.24) is 5.32 Å². The molecule has 0 spiro atoms. The summed E-state index contributed by atoms with van der Waals surface area (Å²) in [5.74, 6) is -0.0451. The number of isothiocyanates is 1. The van der Waals surface area contributed by atoms with Crippen molar-refractivity contribution >= 4 is 42.2 Å². The highest BCUT2D eigenvalue weighted by atomic mass is 32.1. The van der Waals surface area contributed by atoms with E-state index in [1.165, 1.54) is 0 Å². The van der Waals surface area contributed by atoms with E-state index in [1.54, 1.807) is 6.07 Å². The van der Waals surface area contributed by atoms with Crippen LogP contribution < -0.4 is 10.5 Å². The van der Waals surface area contributed by atoms with E-state index in [2.05, 4.69) is 47.3 Å². The van der Waals surface area contributed by atoms with Gasteiger partial charge in [0, 0.05) is 12.1 Å². The molecule has 1 amide bonds. The van der Waals surface area contributed by atoms with Crippen molar-refractivity contribution in [2.45, 2.75) is 26.6 Å². The fourth-order valence-electron chi connectivity index (χ4n) is 1.75. The highest BCUT2D eigenvalue weighted by Gasteiger charge is 2.23. The molecule has 0 radical (unpaired) electrons. The number of amides is 1. The van der Waals surface area contributed by atoms with Crippen molar-refractivity contribution < 1.29 is 4.79 Å². The molecule has 1 N–H and O–H groups in total. The number of rotatable bonds is 4. The molecule has 18 heavy (non-hydrogen) atoms. The average Bonchev–Trinajstić information content (AvgIpc) is 2.28. The van der Waals surface area contributed by atoms with Gasteiger partial charge < -0.3 is 5.32 Å². The normalized spacial score (nSPS) is 10.7. The van der Waals surface area contributed by atoms with E-state index >= 15 is 0 Å². The van der Waals surface area contributed by atoms with Gasteiger partial charge in [0.2, 0.25) is 0 Å². The van der Waals surface area contributed by atoms with Crippen LogP contribution in [0.2, 0.25) is 19.6 Å². The zero-order valence-corrected chi connectivity index (χ0v) is 13.0. The lowest BCUT2D eigenvalue weighted by Crippen LogP contribution is -2.43. The fraction of sp³-hybridized carbons (Fsp3) is 0.385. The van der Waals surface area contributed by atoms with Crippen molar-refractivity contribution in [3.05, 3.63) is 23.8 Å². The molecule has 0 aliphatic carbocycles. The van der Waals surface area contributed by atoms with Crippen LogP contribution in [-0.4, -0.2) is 25.7 Å². The first-order valence-electron chi connectivity index (χ1n) is 5.90.